The van der Waals surface area contributed by atoms with Gasteiger partial charge in [-0.2, -0.15) is 0 Å². The van der Waals surface area contributed by atoms with Gasteiger partial charge in [0.25, 0.3) is 0 Å². The summed E-state index contributed by atoms with van der Waals surface area (Å²) in [6.45, 7) is -0.652. The molecule has 1 heterocycles. The van der Waals surface area contributed by atoms with E-state index >= 15 is 0 Å². The molecule has 10 heavy (non-hydrogen) atoms. The van der Waals surface area contributed by atoms with Crippen LogP contribution in [0.4, 0.5) is 4.39 Å². The smallest absolute Gasteiger partial charge is 0.157 e. The summed E-state index contributed by atoms with van der Waals surface area (Å²) in [5.74, 6) is 2.29. The van der Waals surface area contributed by atoms with Crippen LogP contribution < -0.4 is 0 Å². The Morgan fingerprint density at radius 1 is 1.90 bits per heavy atom. The maximum atomic E-state index is 12.0. The minimum Gasteiger partial charge on any atom is -0.283 e. The van der Waals surface area contributed by atoms with E-state index in [1.165, 1.54) is 0 Å². The zero-order chi connectivity index (χ0) is 7.56. The van der Waals surface area contributed by atoms with Crippen LogP contribution in [0.1, 0.15) is 0 Å². The molecule has 0 N–H and O–H groups in total. The average Bonchev–Trinajstić information content (AvgIpc) is 2.30. The summed E-state index contributed by atoms with van der Waals surface area (Å²) in [5, 5.41) is 0. The Hall–Kier alpha value is -0.400. The van der Waals surface area contributed by atoms with Gasteiger partial charge in [-0.3, -0.25) is 4.18 Å². The van der Waals surface area contributed by atoms with Crippen molar-refractivity contribution >= 4 is 11.1 Å². The zero-order valence-corrected chi connectivity index (χ0v) is 6.07. The fourth-order valence-corrected chi connectivity index (χ4v) is 1.93. The molecule has 1 rings (SSSR count). The summed E-state index contributed by atoms with van der Waals surface area (Å²) in [7, 11) is 0. The van der Waals surface area contributed by atoms with Gasteiger partial charge >= 0.3 is 0 Å². The summed E-state index contributed by atoms with van der Waals surface area (Å²) in [6, 6.07) is 0. The molecule has 56 valence electrons. The fraction of sp³-hybridized carbons (Fsp3) is 0.667. The van der Waals surface area contributed by atoms with Gasteiger partial charge in [0.1, 0.15) is 12.8 Å². The maximum Gasteiger partial charge on any atom is 0.157 e. The fourth-order valence-electron chi connectivity index (χ4n) is 0.787. The van der Waals surface area contributed by atoms with Crippen LogP contribution in [0.2, 0.25) is 0 Å². The quantitative estimate of drug-likeness (QED) is 0.517. The molecule has 0 saturated carbocycles. The second kappa shape index (κ2) is 3.13. The summed E-state index contributed by atoms with van der Waals surface area (Å²) in [6.07, 6.45) is 4.38. The van der Waals surface area contributed by atoms with E-state index in [1.807, 2.05) is 0 Å². The highest BCUT2D eigenvalue weighted by atomic mass is 32.2. The van der Waals surface area contributed by atoms with Crippen molar-refractivity contribution in [1.82, 2.24) is 0 Å². The molecule has 0 radical (unpaired) electrons. The Balaban J connectivity index is 2.59. The largest absolute Gasteiger partial charge is 0.283 e. The molecule has 1 aliphatic heterocycles. The van der Waals surface area contributed by atoms with Gasteiger partial charge in [-0.15, -0.1) is 6.42 Å². The highest BCUT2D eigenvalue weighted by Crippen LogP contribution is 2.19. The molecule has 0 aromatic rings. The maximum absolute atomic E-state index is 12.0. The monoisotopic (exact) mass is 162 g/mol. The number of hydrogen-bond donors (Lipinski definition) is 0. The van der Waals surface area contributed by atoms with Crippen molar-refractivity contribution in [2.24, 2.45) is 5.92 Å². The third kappa shape index (κ3) is 1.36. The van der Waals surface area contributed by atoms with E-state index < -0.39 is 23.9 Å². The third-order valence-corrected chi connectivity index (χ3v) is 2.45. The lowest BCUT2D eigenvalue weighted by molar-refractivity contribution is 0.179. The predicted molar refractivity (Wildman–Crippen MR) is 36.2 cm³/mol. The van der Waals surface area contributed by atoms with Crippen molar-refractivity contribution in [3.63, 3.8) is 0 Å². The van der Waals surface area contributed by atoms with Crippen LogP contribution >= 0.6 is 0 Å². The molecule has 0 amide bonds. The van der Waals surface area contributed by atoms with E-state index in [0.717, 1.165) is 0 Å². The number of halogens is 1. The molecule has 1 aliphatic rings. The molecule has 2 nitrogen and oxygen atoms in total. The van der Waals surface area contributed by atoms with Gasteiger partial charge in [0, 0.05) is 0 Å². The predicted octanol–water partition coefficient (Wildman–Crippen LogP) is 0.268. The van der Waals surface area contributed by atoms with Crippen LogP contribution in [0.15, 0.2) is 0 Å². The van der Waals surface area contributed by atoms with Crippen LogP contribution in [-0.2, 0) is 15.3 Å². The van der Waals surface area contributed by atoms with Crippen molar-refractivity contribution in [2.45, 2.75) is 6.10 Å². The molecule has 0 aliphatic carbocycles. The van der Waals surface area contributed by atoms with Crippen LogP contribution in [0, 0.1) is 18.3 Å². The van der Waals surface area contributed by atoms with Crippen molar-refractivity contribution < 1.29 is 12.8 Å². The summed E-state index contributed by atoms with van der Waals surface area (Å²) < 4.78 is 27.2. The Morgan fingerprint density at radius 2 is 2.60 bits per heavy atom. The van der Waals surface area contributed by atoms with Crippen LogP contribution in [0.5, 0.6) is 0 Å². The van der Waals surface area contributed by atoms with Gasteiger partial charge in [0.05, 0.1) is 11.7 Å². The molecule has 1 saturated heterocycles. The number of terminal acetylenes is 1. The van der Waals surface area contributed by atoms with Crippen molar-refractivity contribution in [3.05, 3.63) is 0 Å². The summed E-state index contributed by atoms with van der Waals surface area (Å²) in [5.41, 5.74) is 0. The molecule has 0 spiro atoms. The van der Waals surface area contributed by atoms with E-state index in [-0.39, 0.29) is 11.7 Å². The minimum atomic E-state index is -1.37. The zero-order valence-electron chi connectivity index (χ0n) is 5.25. The molecular weight excluding hydrogens is 155 g/mol. The first kappa shape index (κ1) is 7.70. The van der Waals surface area contributed by atoms with Crippen molar-refractivity contribution in [2.75, 3.05) is 12.4 Å². The lowest BCUT2D eigenvalue weighted by Gasteiger charge is -2.04. The Morgan fingerprint density at radius 3 is 3.00 bits per heavy atom. The van der Waals surface area contributed by atoms with Gasteiger partial charge < -0.3 is 0 Å². The summed E-state index contributed by atoms with van der Waals surface area (Å²) >= 11 is -1.37. The van der Waals surface area contributed by atoms with Gasteiger partial charge in [-0.05, 0) is 0 Å². The Labute approximate surface area is 61.4 Å². The van der Waals surface area contributed by atoms with E-state index in [1.54, 1.807) is 0 Å². The van der Waals surface area contributed by atoms with Crippen molar-refractivity contribution in [3.8, 4) is 12.3 Å². The first-order valence-corrected chi connectivity index (χ1v) is 4.10. The third-order valence-electron chi connectivity index (χ3n) is 1.36. The van der Waals surface area contributed by atoms with Gasteiger partial charge in [-0.1, -0.05) is 5.92 Å². The minimum absolute atomic E-state index is 0.269. The molecule has 0 bridgehead atoms. The highest BCUT2D eigenvalue weighted by Gasteiger charge is 2.32. The first-order valence-electron chi connectivity index (χ1n) is 2.85. The molecule has 0 aromatic carbocycles. The van der Waals surface area contributed by atoms with Crippen molar-refractivity contribution in [1.29, 1.82) is 0 Å². The van der Waals surface area contributed by atoms with Crippen LogP contribution in [0.3, 0.4) is 0 Å². The second-order valence-electron chi connectivity index (χ2n) is 2.03. The topological polar surface area (TPSA) is 26.3 Å². The molecule has 4 heteroatoms. The lowest BCUT2D eigenvalue weighted by atomic mass is 10.1. The van der Waals surface area contributed by atoms with Gasteiger partial charge in [0.15, 0.2) is 11.1 Å². The van der Waals surface area contributed by atoms with E-state index in [4.69, 9.17) is 6.42 Å². The SMILES string of the molecule is C#CC1CS(=O)OC1CF. The molecular formula is C6H7FO2S. The van der Waals surface area contributed by atoms with Gasteiger partial charge in [0.2, 0.25) is 0 Å². The molecule has 0 aromatic heterocycles. The Bertz CT molecular complexity index is 187. The molecule has 3 atom stereocenters. The normalized spacial score (nSPS) is 39.4. The van der Waals surface area contributed by atoms with E-state index in [0.29, 0.717) is 0 Å². The summed E-state index contributed by atoms with van der Waals surface area (Å²) in [4.78, 5) is 0. The van der Waals surface area contributed by atoms with E-state index in [2.05, 4.69) is 10.1 Å². The standard InChI is InChI=1S/C6H7FO2S/c1-2-5-4-10(8)9-6(5)3-7/h1,5-6H,3-4H2. The van der Waals surface area contributed by atoms with E-state index in [9.17, 15) is 8.60 Å². The number of hydrogen-bond acceptors (Lipinski definition) is 2. The number of rotatable bonds is 1. The number of alkyl halides is 1. The van der Waals surface area contributed by atoms with Crippen LogP contribution in [-0.4, -0.2) is 22.7 Å². The molecule has 1 fully saturated rings. The van der Waals surface area contributed by atoms with Gasteiger partial charge in [-0.25, -0.2) is 8.60 Å². The second-order valence-corrected chi connectivity index (χ2v) is 3.17. The Kier molecular flexibility index (Phi) is 2.41. The average molecular weight is 162 g/mol. The lowest BCUT2D eigenvalue weighted by Crippen LogP contribution is -2.17. The highest BCUT2D eigenvalue weighted by molar-refractivity contribution is 7.80. The molecule has 3 unspecified atom stereocenters. The van der Waals surface area contributed by atoms with Crippen LogP contribution in [0.25, 0.3) is 0 Å². The first-order chi connectivity index (χ1) is 4.77.